The zero-order valence-electron chi connectivity index (χ0n) is 28.2. The number of para-hydroxylation sites is 3. The highest BCUT2D eigenvalue weighted by atomic mass is 32.1. The first-order valence-corrected chi connectivity index (χ1v) is 18.3. The number of thiophene rings is 1. The molecule has 3 nitrogen and oxygen atoms in total. The first-order chi connectivity index (χ1) is 25.8. The van der Waals surface area contributed by atoms with Gasteiger partial charge in [-0.1, -0.05) is 121 Å². The normalized spacial score (nSPS) is 11.5. The molecule has 0 fully saturated rings. The molecule has 0 saturated heterocycles. The van der Waals surface area contributed by atoms with Crippen molar-refractivity contribution in [3.63, 3.8) is 0 Å². The molecule has 10 aromatic rings. The predicted octanol–water partition coefficient (Wildman–Crippen LogP) is 14.6. The molecule has 2 heterocycles. The first-order valence-electron chi connectivity index (χ1n) is 17.5. The maximum absolute atomic E-state index is 6.93. The fourth-order valence-corrected chi connectivity index (χ4v) is 8.61. The van der Waals surface area contributed by atoms with Gasteiger partial charge in [-0.05, 0) is 83.9 Å². The molecule has 2 aromatic heterocycles. The number of rotatable bonds is 7. The molecule has 10 rings (SSSR count). The van der Waals surface area contributed by atoms with Gasteiger partial charge in [-0.2, -0.15) is 0 Å². The molecule has 0 atom stereocenters. The number of anilines is 6. The lowest BCUT2D eigenvalue weighted by Crippen LogP contribution is -2.10. The summed E-state index contributed by atoms with van der Waals surface area (Å²) in [5.41, 5.74) is 10.4. The summed E-state index contributed by atoms with van der Waals surface area (Å²) in [7, 11) is 0. The van der Waals surface area contributed by atoms with Gasteiger partial charge in [0, 0.05) is 48.3 Å². The lowest BCUT2D eigenvalue weighted by atomic mass is 10.0. The smallest absolute Gasteiger partial charge is 0.159 e. The molecule has 0 N–H and O–H groups in total. The van der Waals surface area contributed by atoms with Gasteiger partial charge in [0.25, 0.3) is 0 Å². The number of furan rings is 1. The Hall–Kier alpha value is -6.62. The molecule has 0 aliphatic rings. The van der Waals surface area contributed by atoms with E-state index in [9.17, 15) is 0 Å². The van der Waals surface area contributed by atoms with Crippen LogP contribution in [0.2, 0.25) is 0 Å². The highest BCUT2D eigenvalue weighted by Crippen LogP contribution is 2.48. The summed E-state index contributed by atoms with van der Waals surface area (Å²) in [5, 5.41) is 4.71. The quantitative estimate of drug-likeness (QED) is 0.167. The average molecular weight is 685 g/mol. The van der Waals surface area contributed by atoms with Gasteiger partial charge in [-0.25, -0.2) is 0 Å². The molecule has 0 bridgehead atoms. The molecule has 0 aliphatic heterocycles. The molecular weight excluding hydrogens is 653 g/mol. The lowest BCUT2D eigenvalue weighted by molar-refractivity contribution is 0.669. The lowest BCUT2D eigenvalue weighted by Gasteiger charge is -2.26. The SMILES string of the molecule is c1ccc(-c2ccc(N(c3ccc4c(c3)sc3ccccc34)c3cccc4c3oc3cccc(N(c5ccccc5)c5ccccc5)c34)cc2)cc1. The Kier molecular flexibility index (Phi) is 7.33. The minimum Gasteiger partial charge on any atom is -0.454 e. The van der Waals surface area contributed by atoms with Crippen LogP contribution in [-0.2, 0) is 0 Å². The van der Waals surface area contributed by atoms with Crippen LogP contribution in [0.25, 0.3) is 53.2 Å². The van der Waals surface area contributed by atoms with Crippen molar-refractivity contribution in [3.8, 4) is 11.1 Å². The highest BCUT2D eigenvalue weighted by molar-refractivity contribution is 7.25. The van der Waals surface area contributed by atoms with Gasteiger partial charge in [0.1, 0.15) is 5.58 Å². The van der Waals surface area contributed by atoms with Gasteiger partial charge in [0.15, 0.2) is 5.58 Å². The Bertz CT molecular complexity index is 2800. The van der Waals surface area contributed by atoms with Crippen LogP contribution in [-0.4, -0.2) is 0 Å². The minimum atomic E-state index is 0.842. The van der Waals surface area contributed by atoms with Crippen molar-refractivity contribution in [1.29, 1.82) is 0 Å². The third-order valence-electron chi connectivity index (χ3n) is 9.84. The molecule has 8 aromatic carbocycles. The van der Waals surface area contributed by atoms with Crippen LogP contribution < -0.4 is 9.80 Å². The Labute approximate surface area is 305 Å². The average Bonchev–Trinajstić information content (AvgIpc) is 3.79. The second kappa shape index (κ2) is 12.6. The Morgan fingerprint density at radius 3 is 1.65 bits per heavy atom. The molecule has 0 radical (unpaired) electrons. The van der Waals surface area contributed by atoms with Crippen molar-refractivity contribution >= 4 is 87.6 Å². The van der Waals surface area contributed by atoms with Crippen LogP contribution in [0.5, 0.6) is 0 Å². The van der Waals surface area contributed by atoms with E-state index in [2.05, 4.69) is 204 Å². The third kappa shape index (κ3) is 5.12. The van der Waals surface area contributed by atoms with Crippen molar-refractivity contribution in [2.24, 2.45) is 0 Å². The van der Waals surface area contributed by atoms with Gasteiger partial charge in [0.2, 0.25) is 0 Å². The summed E-state index contributed by atoms with van der Waals surface area (Å²) < 4.78 is 9.48. The molecular formula is C48H32N2OS. The molecule has 246 valence electrons. The summed E-state index contributed by atoms with van der Waals surface area (Å²) >= 11 is 1.84. The number of fused-ring (bicyclic) bond motifs is 6. The highest BCUT2D eigenvalue weighted by Gasteiger charge is 2.23. The summed E-state index contributed by atoms with van der Waals surface area (Å²) in [6.07, 6.45) is 0. The Morgan fingerprint density at radius 1 is 0.365 bits per heavy atom. The maximum Gasteiger partial charge on any atom is 0.159 e. The molecule has 52 heavy (non-hydrogen) atoms. The van der Waals surface area contributed by atoms with E-state index in [0.717, 1.165) is 56.1 Å². The van der Waals surface area contributed by atoms with Crippen LogP contribution >= 0.6 is 11.3 Å². The molecule has 4 heteroatoms. The van der Waals surface area contributed by atoms with Gasteiger partial charge < -0.3 is 14.2 Å². The number of benzene rings is 8. The predicted molar refractivity (Wildman–Crippen MR) is 221 cm³/mol. The standard InChI is InChI=1S/C48H32N2OS/c1-4-14-33(15-5-1)34-26-28-37(29-27-34)50(38-30-31-40-39-20-10-11-25-45(39)52-46(40)32-38)43-23-12-21-41-47-42(22-13-24-44(47)51-48(41)43)49(35-16-6-2-7-17-35)36-18-8-3-9-19-36/h1-32H. The van der Waals surface area contributed by atoms with Crippen molar-refractivity contribution in [3.05, 3.63) is 194 Å². The van der Waals surface area contributed by atoms with Gasteiger partial charge in [-0.15, -0.1) is 11.3 Å². The van der Waals surface area contributed by atoms with Crippen LogP contribution in [0.4, 0.5) is 34.1 Å². The van der Waals surface area contributed by atoms with Crippen LogP contribution in [0.15, 0.2) is 199 Å². The summed E-state index contributed by atoms with van der Waals surface area (Å²) in [5.74, 6) is 0. The molecule has 0 aliphatic carbocycles. The zero-order valence-corrected chi connectivity index (χ0v) is 29.0. The largest absolute Gasteiger partial charge is 0.454 e. The van der Waals surface area contributed by atoms with Crippen molar-refractivity contribution in [2.45, 2.75) is 0 Å². The molecule has 0 saturated carbocycles. The molecule has 0 spiro atoms. The summed E-state index contributed by atoms with van der Waals surface area (Å²) in [6, 6.07) is 68.9. The zero-order chi connectivity index (χ0) is 34.4. The Balaban J connectivity index is 1.19. The number of nitrogens with zero attached hydrogens (tertiary/aromatic N) is 2. The van der Waals surface area contributed by atoms with Crippen LogP contribution in [0.1, 0.15) is 0 Å². The van der Waals surface area contributed by atoms with E-state index >= 15 is 0 Å². The van der Waals surface area contributed by atoms with Gasteiger partial charge >= 0.3 is 0 Å². The second-order valence-corrected chi connectivity index (χ2v) is 14.0. The van der Waals surface area contributed by atoms with E-state index in [4.69, 9.17) is 4.42 Å². The summed E-state index contributed by atoms with van der Waals surface area (Å²) in [6.45, 7) is 0. The maximum atomic E-state index is 6.93. The topological polar surface area (TPSA) is 19.6 Å². The van der Waals surface area contributed by atoms with E-state index in [-0.39, 0.29) is 0 Å². The third-order valence-corrected chi connectivity index (χ3v) is 11.0. The van der Waals surface area contributed by atoms with Crippen molar-refractivity contribution < 1.29 is 4.42 Å². The molecule has 0 amide bonds. The number of hydrogen-bond acceptors (Lipinski definition) is 4. The van der Waals surface area contributed by atoms with E-state index < -0.39 is 0 Å². The van der Waals surface area contributed by atoms with Crippen LogP contribution in [0, 0.1) is 0 Å². The monoisotopic (exact) mass is 684 g/mol. The van der Waals surface area contributed by atoms with E-state index in [1.54, 1.807) is 0 Å². The van der Waals surface area contributed by atoms with Crippen molar-refractivity contribution in [1.82, 2.24) is 0 Å². The van der Waals surface area contributed by atoms with E-state index in [1.807, 2.05) is 11.3 Å². The van der Waals surface area contributed by atoms with E-state index in [1.165, 1.54) is 31.3 Å². The second-order valence-electron chi connectivity index (χ2n) is 12.9. The van der Waals surface area contributed by atoms with Gasteiger partial charge in [-0.3, -0.25) is 0 Å². The van der Waals surface area contributed by atoms with E-state index in [0.29, 0.717) is 0 Å². The fourth-order valence-electron chi connectivity index (χ4n) is 7.47. The van der Waals surface area contributed by atoms with Gasteiger partial charge in [0.05, 0.1) is 16.8 Å². The van der Waals surface area contributed by atoms with Crippen molar-refractivity contribution in [2.75, 3.05) is 9.80 Å². The number of hydrogen-bond donors (Lipinski definition) is 0. The fraction of sp³-hybridized carbons (Fsp3) is 0. The molecule has 0 unspecified atom stereocenters. The Morgan fingerprint density at radius 2 is 0.904 bits per heavy atom. The van der Waals surface area contributed by atoms with Crippen LogP contribution in [0.3, 0.4) is 0 Å². The minimum absolute atomic E-state index is 0.842. The first kappa shape index (κ1) is 30.2. The summed E-state index contributed by atoms with van der Waals surface area (Å²) in [4.78, 5) is 4.66.